The summed E-state index contributed by atoms with van der Waals surface area (Å²) in [6, 6.07) is 7.53. The minimum Gasteiger partial charge on any atom is -0.273 e. The highest BCUT2D eigenvalue weighted by Gasteiger charge is 2.54. The molecule has 2 N–H and O–H groups in total. The van der Waals surface area contributed by atoms with E-state index in [1.165, 1.54) is 24.8 Å². The van der Waals surface area contributed by atoms with Gasteiger partial charge in [-0.1, -0.05) is 19.1 Å². The van der Waals surface area contributed by atoms with Crippen LogP contribution in [0.2, 0.25) is 0 Å². The molecule has 1 aromatic rings. The van der Waals surface area contributed by atoms with E-state index >= 15 is 0 Å². The highest BCUT2D eigenvalue weighted by Crippen LogP contribution is 2.59. The lowest BCUT2D eigenvalue weighted by molar-refractivity contribution is -0.147. The SMILES string of the molecule is CCc1ccc(C(=O)NNC(=O)C23CC4CC(CC(C4)C2)C3)cc1. The number of hydrogen-bond donors (Lipinski definition) is 2. The second-order valence-corrected chi connectivity index (χ2v) is 8.16. The number of benzene rings is 1. The average Bonchev–Trinajstić information content (AvgIpc) is 2.58. The standard InChI is InChI=1S/C20H26N2O2/c1-2-13-3-5-17(6-4-13)18(23)21-22-19(24)20-10-14-7-15(11-20)9-16(8-14)12-20/h3-6,14-16H,2,7-12H2,1H3,(H,21,23)(H,22,24). The summed E-state index contributed by atoms with van der Waals surface area (Å²) in [4.78, 5) is 25.1. The van der Waals surface area contributed by atoms with Gasteiger partial charge in [0.25, 0.3) is 5.91 Å². The molecule has 4 fully saturated rings. The van der Waals surface area contributed by atoms with Crippen molar-refractivity contribution in [3.63, 3.8) is 0 Å². The van der Waals surface area contributed by atoms with Crippen molar-refractivity contribution >= 4 is 11.8 Å². The number of amides is 2. The van der Waals surface area contributed by atoms with Gasteiger partial charge in [-0.15, -0.1) is 0 Å². The Labute approximate surface area is 143 Å². The van der Waals surface area contributed by atoms with E-state index in [0.717, 1.165) is 43.4 Å². The van der Waals surface area contributed by atoms with Gasteiger partial charge in [-0.3, -0.25) is 20.4 Å². The Morgan fingerprint density at radius 3 is 2.00 bits per heavy atom. The average molecular weight is 326 g/mol. The minimum absolute atomic E-state index is 0.0279. The number of rotatable bonds is 3. The van der Waals surface area contributed by atoms with Crippen LogP contribution in [0.15, 0.2) is 24.3 Å². The Hall–Kier alpha value is -1.84. The summed E-state index contributed by atoms with van der Waals surface area (Å²) >= 11 is 0. The largest absolute Gasteiger partial charge is 0.273 e. The van der Waals surface area contributed by atoms with E-state index in [9.17, 15) is 9.59 Å². The van der Waals surface area contributed by atoms with Crippen LogP contribution in [0.4, 0.5) is 0 Å². The maximum Gasteiger partial charge on any atom is 0.269 e. The Bertz CT molecular complexity index is 615. The summed E-state index contributed by atoms with van der Waals surface area (Å²) < 4.78 is 0. The van der Waals surface area contributed by atoms with E-state index < -0.39 is 0 Å². The van der Waals surface area contributed by atoms with Gasteiger partial charge in [-0.2, -0.15) is 0 Å². The van der Waals surface area contributed by atoms with E-state index in [2.05, 4.69) is 17.8 Å². The summed E-state index contributed by atoms with van der Waals surface area (Å²) in [5.74, 6) is 1.95. The number of aryl methyl sites for hydroxylation is 1. The molecule has 0 spiro atoms. The predicted octanol–water partition coefficient (Wildman–Crippen LogP) is 3.23. The molecule has 0 unspecified atom stereocenters. The summed E-state index contributed by atoms with van der Waals surface area (Å²) in [7, 11) is 0. The van der Waals surface area contributed by atoms with Gasteiger partial charge < -0.3 is 0 Å². The second-order valence-electron chi connectivity index (χ2n) is 8.16. The number of nitrogens with one attached hydrogen (secondary N) is 2. The van der Waals surface area contributed by atoms with Gasteiger partial charge in [0.2, 0.25) is 5.91 Å². The molecule has 1 aromatic carbocycles. The third kappa shape index (κ3) is 2.72. The molecule has 0 radical (unpaired) electrons. The van der Waals surface area contributed by atoms with Crippen molar-refractivity contribution in [3.05, 3.63) is 35.4 Å². The lowest BCUT2D eigenvalue weighted by Gasteiger charge is -2.55. The number of carbonyl (C=O) groups excluding carboxylic acids is 2. The van der Waals surface area contributed by atoms with Crippen molar-refractivity contribution in [1.29, 1.82) is 0 Å². The Kier molecular flexibility index (Phi) is 3.86. The molecule has 0 heterocycles. The molecular weight excluding hydrogens is 300 g/mol. The van der Waals surface area contributed by atoms with Gasteiger partial charge in [0.15, 0.2) is 0 Å². The van der Waals surface area contributed by atoms with Gasteiger partial charge in [0.1, 0.15) is 0 Å². The fraction of sp³-hybridized carbons (Fsp3) is 0.600. The predicted molar refractivity (Wildman–Crippen MR) is 92.0 cm³/mol. The van der Waals surface area contributed by atoms with Gasteiger partial charge in [0, 0.05) is 5.56 Å². The third-order valence-corrected chi connectivity index (χ3v) is 6.43. The fourth-order valence-electron chi connectivity index (χ4n) is 5.60. The molecule has 4 nitrogen and oxygen atoms in total. The van der Waals surface area contributed by atoms with E-state index in [-0.39, 0.29) is 17.2 Å². The zero-order valence-electron chi connectivity index (χ0n) is 14.3. The molecular formula is C20H26N2O2. The first-order valence-electron chi connectivity index (χ1n) is 9.28. The normalized spacial score (nSPS) is 33.3. The molecule has 0 atom stereocenters. The summed E-state index contributed by atoms with van der Waals surface area (Å²) in [5.41, 5.74) is 6.90. The maximum atomic E-state index is 12.8. The van der Waals surface area contributed by atoms with Gasteiger partial charge in [-0.25, -0.2) is 0 Å². The quantitative estimate of drug-likeness (QED) is 0.838. The molecule has 0 aliphatic heterocycles. The molecule has 4 aliphatic rings. The topological polar surface area (TPSA) is 58.2 Å². The molecule has 4 heteroatoms. The van der Waals surface area contributed by atoms with Crippen LogP contribution in [0.25, 0.3) is 0 Å². The Morgan fingerprint density at radius 2 is 1.50 bits per heavy atom. The molecule has 4 saturated carbocycles. The fourth-order valence-corrected chi connectivity index (χ4v) is 5.60. The van der Waals surface area contributed by atoms with Crippen LogP contribution in [0.3, 0.4) is 0 Å². The van der Waals surface area contributed by atoms with Crippen LogP contribution in [0, 0.1) is 23.2 Å². The Balaban J connectivity index is 1.38. The van der Waals surface area contributed by atoms with Gasteiger partial charge in [0.05, 0.1) is 5.41 Å². The molecule has 128 valence electrons. The summed E-state index contributed by atoms with van der Waals surface area (Å²) in [5, 5.41) is 0. The van der Waals surface area contributed by atoms with Crippen LogP contribution in [-0.4, -0.2) is 11.8 Å². The van der Waals surface area contributed by atoms with Crippen molar-refractivity contribution in [2.24, 2.45) is 23.2 Å². The molecule has 24 heavy (non-hydrogen) atoms. The van der Waals surface area contributed by atoms with Crippen molar-refractivity contribution in [2.45, 2.75) is 51.9 Å². The van der Waals surface area contributed by atoms with Crippen LogP contribution in [-0.2, 0) is 11.2 Å². The van der Waals surface area contributed by atoms with E-state index in [1.54, 1.807) is 0 Å². The monoisotopic (exact) mass is 326 g/mol. The summed E-state index contributed by atoms with van der Waals surface area (Å²) in [6.07, 6.45) is 7.89. The minimum atomic E-state index is -0.240. The lowest BCUT2D eigenvalue weighted by Crippen LogP contribution is -2.56. The van der Waals surface area contributed by atoms with Crippen molar-refractivity contribution < 1.29 is 9.59 Å². The van der Waals surface area contributed by atoms with Crippen molar-refractivity contribution in [2.75, 3.05) is 0 Å². The molecule has 4 bridgehead atoms. The summed E-state index contributed by atoms with van der Waals surface area (Å²) in [6.45, 7) is 2.08. The highest BCUT2D eigenvalue weighted by molar-refractivity contribution is 5.96. The lowest BCUT2D eigenvalue weighted by atomic mass is 9.49. The highest BCUT2D eigenvalue weighted by atomic mass is 16.2. The molecule has 2 amide bonds. The first-order chi connectivity index (χ1) is 11.6. The molecule has 4 aliphatic carbocycles. The number of hydrazine groups is 1. The third-order valence-electron chi connectivity index (χ3n) is 6.43. The van der Waals surface area contributed by atoms with Crippen LogP contribution in [0.5, 0.6) is 0 Å². The van der Waals surface area contributed by atoms with E-state index in [4.69, 9.17) is 0 Å². The zero-order valence-corrected chi connectivity index (χ0v) is 14.3. The first-order valence-corrected chi connectivity index (χ1v) is 9.28. The van der Waals surface area contributed by atoms with Crippen molar-refractivity contribution in [3.8, 4) is 0 Å². The van der Waals surface area contributed by atoms with E-state index in [1.807, 2.05) is 24.3 Å². The number of carbonyl (C=O) groups is 2. The molecule has 0 aromatic heterocycles. The van der Waals surface area contributed by atoms with Crippen LogP contribution in [0.1, 0.15) is 61.4 Å². The molecule has 0 saturated heterocycles. The van der Waals surface area contributed by atoms with Gasteiger partial charge in [-0.05, 0) is 80.4 Å². The smallest absolute Gasteiger partial charge is 0.269 e. The van der Waals surface area contributed by atoms with Crippen molar-refractivity contribution in [1.82, 2.24) is 10.9 Å². The Morgan fingerprint density at radius 1 is 0.958 bits per heavy atom. The van der Waals surface area contributed by atoms with Crippen LogP contribution >= 0.6 is 0 Å². The molecule has 5 rings (SSSR count). The van der Waals surface area contributed by atoms with Gasteiger partial charge >= 0.3 is 0 Å². The zero-order chi connectivity index (χ0) is 16.7. The first kappa shape index (κ1) is 15.7. The maximum absolute atomic E-state index is 12.8. The number of hydrogen-bond acceptors (Lipinski definition) is 2. The second kappa shape index (κ2) is 5.91. The van der Waals surface area contributed by atoms with E-state index in [0.29, 0.717) is 5.56 Å². The van der Waals surface area contributed by atoms with Crippen LogP contribution < -0.4 is 10.9 Å².